The lowest BCUT2D eigenvalue weighted by Gasteiger charge is -2.12. The van der Waals surface area contributed by atoms with Crippen LogP contribution in [0.15, 0.2) is 53.7 Å². The normalized spacial score (nSPS) is 10.6. The van der Waals surface area contributed by atoms with Gasteiger partial charge in [0.2, 0.25) is 0 Å². The summed E-state index contributed by atoms with van der Waals surface area (Å²) in [5, 5.41) is 19.0. The van der Waals surface area contributed by atoms with Gasteiger partial charge in [0.25, 0.3) is 0 Å². The van der Waals surface area contributed by atoms with E-state index in [0.717, 1.165) is 40.8 Å². The molecule has 0 unspecified atom stereocenters. The fraction of sp³-hybridized carbons (Fsp3) is 0.250. The number of halogens is 1. The summed E-state index contributed by atoms with van der Waals surface area (Å²) in [5.74, 6) is 2.33. The standard InChI is InChI=1S/C20H19ClN4OS/c1-26-18-8-4-3-7-17(18)19-23-24-20(27-14-6-2-5-13-22)25(19)16-11-9-15(21)10-12-16/h3-4,7-12H,2,5-6,14H2,1H3. The molecule has 1 heterocycles. The molecule has 0 aliphatic carbocycles. The van der Waals surface area contributed by atoms with Gasteiger partial charge in [-0.05, 0) is 49.2 Å². The topological polar surface area (TPSA) is 63.7 Å². The molecule has 0 aliphatic rings. The van der Waals surface area contributed by atoms with E-state index < -0.39 is 0 Å². The van der Waals surface area contributed by atoms with Gasteiger partial charge in [-0.1, -0.05) is 35.5 Å². The zero-order valence-corrected chi connectivity index (χ0v) is 16.5. The number of nitriles is 1. The Morgan fingerprint density at radius 1 is 1.11 bits per heavy atom. The average Bonchev–Trinajstić information content (AvgIpc) is 3.12. The van der Waals surface area contributed by atoms with Gasteiger partial charge in [-0.3, -0.25) is 4.57 Å². The Kier molecular flexibility index (Phi) is 6.74. The van der Waals surface area contributed by atoms with Gasteiger partial charge in [-0.2, -0.15) is 5.26 Å². The zero-order chi connectivity index (χ0) is 19.1. The number of ether oxygens (including phenoxy) is 1. The van der Waals surface area contributed by atoms with Crippen molar-refractivity contribution in [2.24, 2.45) is 0 Å². The first-order valence-corrected chi connectivity index (χ1v) is 9.95. The number of para-hydroxylation sites is 1. The highest BCUT2D eigenvalue weighted by atomic mass is 35.5. The number of benzene rings is 2. The largest absolute Gasteiger partial charge is 0.496 e. The van der Waals surface area contributed by atoms with Crippen LogP contribution in [0, 0.1) is 11.3 Å². The molecule has 7 heteroatoms. The maximum Gasteiger partial charge on any atom is 0.196 e. The first kappa shape index (κ1) is 19.3. The molecule has 0 aliphatic heterocycles. The fourth-order valence-electron chi connectivity index (χ4n) is 2.66. The highest BCUT2D eigenvalue weighted by molar-refractivity contribution is 7.99. The summed E-state index contributed by atoms with van der Waals surface area (Å²) in [7, 11) is 1.65. The monoisotopic (exact) mass is 398 g/mol. The van der Waals surface area contributed by atoms with Crippen molar-refractivity contribution in [3.8, 4) is 28.9 Å². The summed E-state index contributed by atoms with van der Waals surface area (Å²) in [6.45, 7) is 0. The minimum Gasteiger partial charge on any atom is -0.496 e. The van der Waals surface area contributed by atoms with Crippen LogP contribution in [0.1, 0.15) is 19.3 Å². The summed E-state index contributed by atoms with van der Waals surface area (Å²) >= 11 is 7.69. The van der Waals surface area contributed by atoms with Crippen LogP contribution in [0.25, 0.3) is 17.1 Å². The number of aromatic nitrogens is 3. The van der Waals surface area contributed by atoms with Gasteiger partial charge in [-0.25, -0.2) is 0 Å². The third-order valence-corrected chi connectivity index (χ3v) is 5.25. The van der Waals surface area contributed by atoms with Crippen molar-refractivity contribution in [2.75, 3.05) is 12.9 Å². The lowest BCUT2D eigenvalue weighted by Crippen LogP contribution is -2.01. The molecular weight excluding hydrogens is 380 g/mol. The smallest absolute Gasteiger partial charge is 0.196 e. The van der Waals surface area contributed by atoms with Gasteiger partial charge in [-0.15, -0.1) is 10.2 Å². The number of hydrogen-bond acceptors (Lipinski definition) is 5. The summed E-state index contributed by atoms with van der Waals surface area (Å²) < 4.78 is 7.52. The van der Waals surface area contributed by atoms with Crippen molar-refractivity contribution in [3.63, 3.8) is 0 Å². The van der Waals surface area contributed by atoms with E-state index in [-0.39, 0.29) is 0 Å². The summed E-state index contributed by atoms with van der Waals surface area (Å²) in [5.41, 5.74) is 1.81. The first-order valence-electron chi connectivity index (χ1n) is 8.59. The van der Waals surface area contributed by atoms with E-state index in [9.17, 15) is 0 Å². The molecule has 0 atom stereocenters. The van der Waals surface area contributed by atoms with Gasteiger partial charge in [0, 0.05) is 22.9 Å². The molecule has 0 saturated heterocycles. The number of rotatable bonds is 8. The highest BCUT2D eigenvalue weighted by Crippen LogP contribution is 2.33. The molecule has 3 rings (SSSR count). The highest BCUT2D eigenvalue weighted by Gasteiger charge is 2.18. The lowest BCUT2D eigenvalue weighted by atomic mass is 10.2. The third-order valence-electron chi connectivity index (χ3n) is 3.98. The molecule has 27 heavy (non-hydrogen) atoms. The summed E-state index contributed by atoms with van der Waals surface area (Å²) in [6, 6.07) is 17.5. The summed E-state index contributed by atoms with van der Waals surface area (Å²) in [6.07, 6.45) is 2.42. The molecule has 2 aromatic carbocycles. The van der Waals surface area contributed by atoms with Crippen molar-refractivity contribution in [3.05, 3.63) is 53.6 Å². The van der Waals surface area contributed by atoms with Crippen LogP contribution in [0.3, 0.4) is 0 Å². The van der Waals surface area contributed by atoms with Crippen LogP contribution in [0.5, 0.6) is 5.75 Å². The maximum absolute atomic E-state index is 8.67. The minimum atomic E-state index is 0.580. The van der Waals surface area contributed by atoms with E-state index in [1.165, 1.54) is 0 Å². The molecule has 0 spiro atoms. The number of nitrogens with zero attached hydrogens (tertiary/aromatic N) is 4. The van der Waals surface area contributed by atoms with E-state index in [4.69, 9.17) is 21.6 Å². The third kappa shape index (κ3) is 4.62. The van der Waals surface area contributed by atoms with Gasteiger partial charge in [0.15, 0.2) is 11.0 Å². The Morgan fingerprint density at radius 3 is 2.63 bits per heavy atom. The number of methoxy groups -OCH3 is 1. The second-order valence-electron chi connectivity index (χ2n) is 5.78. The van der Waals surface area contributed by atoms with Crippen molar-refractivity contribution in [1.82, 2.24) is 14.8 Å². The molecule has 1 aromatic heterocycles. The zero-order valence-electron chi connectivity index (χ0n) is 14.9. The average molecular weight is 399 g/mol. The molecule has 0 N–H and O–H groups in total. The number of unbranched alkanes of at least 4 members (excludes halogenated alkanes) is 2. The van der Waals surface area contributed by atoms with Crippen LogP contribution in [-0.2, 0) is 0 Å². The summed E-state index contributed by atoms with van der Waals surface area (Å²) in [4.78, 5) is 0. The van der Waals surface area contributed by atoms with Crippen LogP contribution in [0.4, 0.5) is 0 Å². The van der Waals surface area contributed by atoms with Crippen molar-refractivity contribution < 1.29 is 4.74 Å². The fourth-order valence-corrected chi connectivity index (χ4v) is 3.74. The van der Waals surface area contributed by atoms with Crippen LogP contribution in [-0.4, -0.2) is 27.6 Å². The molecule has 0 amide bonds. The molecule has 138 valence electrons. The Hall–Kier alpha value is -2.49. The van der Waals surface area contributed by atoms with Crippen molar-refractivity contribution in [1.29, 1.82) is 5.26 Å². The van der Waals surface area contributed by atoms with Crippen molar-refractivity contribution >= 4 is 23.4 Å². The predicted octanol–water partition coefficient (Wildman–Crippen LogP) is 5.38. The Labute approximate surface area is 167 Å². The molecule has 0 radical (unpaired) electrons. The Morgan fingerprint density at radius 2 is 1.89 bits per heavy atom. The Bertz CT molecular complexity index is 934. The van der Waals surface area contributed by atoms with E-state index >= 15 is 0 Å². The van der Waals surface area contributed by atoms with Crippen LogP contribution < -0.4 is 4.74 Å². The molecule has 3 aromatic rings. The van der Waals surface area contributed by atoms with E-state index in [0.29, 0.717) is 17.3 Å². The number of thioether (sulfide) groups is 1. The quantitative estimate of drug-likeness (QED) is 0.376. The minimum absolute atomic E-state index is 0.580. The van der Waals surface area contributed by atoms with Gasteiger partial charge >= 0.3 is 0 Å². The maximum atomic E-state index is 8.67. The van der Waals surface area contributed by atoms with E-state index in [1.807, 2.05) is 53.1 Å². The lowest BCUT2D eigenvalue weighted by molar-refractivity contribution is 0.416. The second-order valence-corrected chi connectivity index (χ2v) is 7.28. The van der Waals surface area contributed by atoms with E-state index in [2.05, 4.69) is 16.3 Å². The number of hydrogen-bond donors (Lipinski definition) is 0. The molecule has 0 bridgehead atoms. The second kappa shape index (κ2) is 9.45. The Balaban J connectivity index is 1.98. The molecule has 0 saturated carbocycles. The molecule has 5 nitrogen and oxygen atoms in total. The van der Waals surface area contributed by atoms with Gasteiger partial charge in [0.1, 0.15) is 5.75 Å². The van der Waals surface area contributed by atoms with Gasteiger partial charge < -0.3 is 4.74 Å². The van der Waals surface area contributed by atoms with Gasteiger partial charge in [0.05, 0.1) is 18.7 Å². The first-order chi connectivity index (χ1) is 13.2. The van der Waals surface area contributed by atoms with Crippen LogP contribution >= 0.6 is 23.4 Å². The SMILES string of the molecule is COc1ccccc1-c1nnc(SCCCCC#N)n1-c1ccc(Cl)cc1. The van der Waals surface area contributed by atoms with Crippen molar-refractivity contribution in [2.45, 2.75) is 24.4 Å². The predicted molar refractivity (Wildman–Crippen MR) is 109 cm³/mol. The van der Waals surface area contributed by atoms with E-state index in [1.54, 1.807) is 18.9 Å². The molecule has 0 fully saturated rings. The molecular formula is C20H19ClN4OS. The van der Waals surface area contributed by atoms with Crippen LogP contribution in [0.2, 0.25) is 5.02 Å².